The van der Waals surface area contributed by atoms with Crippen molar-refractivity contribution in [3.8, 4) is 0 Å². The van der Waals surface area contributed by atoms with Crippen LogP contribution < -0.4 is 10.2 Å². The summed E-state index contributed by atoms with van der Waals surface area (Å²) in [5.74, 6) is -1.19. The summed E-state index contributed by atoms with van der Waals surface area (Å²) >= 11 is 6.43. The molecule has 2 heterocycles. The van der Waals surface area contributed by atoms with E-state index >= 15 is 0 Å². The van der Waals surface area contributed by atoms with Crippen molar-refractivity contribution in [3.63, 3.8) is 0 Å². The number of hydrogen-bond donors (Lipinski definition) is 1. The minimum absolute atomic E-state index is 0.192. The van der Waals surface area contributed by atoms with Gasteiger partial charge in [-0.15, -0.1) is 0 Å². The summed E-state index contributed by atoms with van der Waals surface area (Å²) in [7, 11) is 0. The van der Waals surface area contributed by atoms with Gasteiger partial charge >= 0.3 is 6.03 Å². The zero-order chi connectivity index (χ0) is 16.6. The highest BCUT2D eigenvalue weighted by atomic mass is 79.9. The van der Waals surface area contributed by atoms with Gasteiger partial charge in [0.25, 0.3) is 11.8 Å². The first-order chi connectivity index (χ1) is 11.0. The van der Waals surface area contributed by atoms with E-state index in [1.807, 2.05) is 0 Å². The van der Waals surface area contributed by atoms with E-state index in [0.717, 1.165) is 4.90 Å². The fourth-order valence-electron chi connectivity index (χ4n) is 2.05. The number of carbonyl (C=O) groups excluding carboxylic acids is 3. The second-order valence-electron chi connectivity index (χ2n) is 4.56. The van der Waals surface area contributed by atoms with Crippen molar-refractivity contribution in [1.29, 1.82) is 0 Å². The number of para-hydroxylation sites is 1. The number of hydrogen-bond acceptors (Lipinski definition) is 4. The van der Waals surface area contributed by atoms with E-state index in [1.165, 1.54) is 6.08 Å². The van der Waals surface area contributed by atoms with Crippen LogP contribution in [0.5, 0.6) is 0 Å². The van der Waals surface area contributed by atoms with Crippen LogP contribution in [-0.4, -0.2) is 17.8 Å². The van der Waals surface area contributed by atoms with Gasteiger partial charge in [-0.25, -0.2) is 9.69 Å². The molecule has 1 saturated heterocycles. The number of halogens is 2. The van der Waals surface area contributed by atoms with Crippen molar-refractivity contribution in [3.05, 3.63) is 56.9 Å². The van der Waals surface area contributed by atoms with Crippen LogP contribution in [-0.2, 0) is 9.59 Å². The summed E-state index contributed by atoms with van der Waals surface area (Å²) in [5.41, 5.74) is 0.178. The van der Waals surface area contributed by atoms with E-state index in [2.05, 4.69) is 37.2 Å². The summed E-state index contributed by atoms with van der Waals surface area (Å²) in [5, 5.41) is 2.14. The summed E-state index contributed by atoms with van der Waals surface area (Å²) in [6.07, 6.45) is 1.29. The number of benzene rings is 1. The Morgan fingerprint density at radius 3 is 2.39 bits per heavy atom. The molecule has 1 aromatic heterocycles. The molecule has 0 atom stereocenters. The molecule has 0 unspecified atom stereocenters. The molecule has 0 radical (unpaired) electrons. The summed E-state index contributed by atoms with van der Waals surface area (Å²) in [4.78, 5) is 37.4. The molecule has 1 aliphatic heterocycles. The quantitative estimate of drug-likeness (QED) is 0.573. The Kier molecular flexibility index (Phi) is 4.18. The number of nitrogens with zero attached hydrogens (tertiary/aromatic N) is 1. The van der Waals surface area contributed by atoms with E-state index in [9.17, 15) is 14.4 Å². The molecule has 8 heteroatoms. The first kappa shape index (κ1) is 15.7. The highest BCUT2D eigenvalue weighted by molar-refractivity contribution is 9.13. The number of rotatable bonds is 2. The number of barbiturate groups is 1. The number of nitrogens with one attached hydrogen (secondary N) is 1. The van der Waals surface area contributed by atoms with Crippen molar-refractivity contribution in [2.24, 2.45) is 0 Å². The van der Waals surface area contributed by atoms with Crippen LogP contribution in [0.15, 0.2) is 55.5 Å². The van der Waals surface area contributed by atoms with E-state index in [1.54, 1.807) is 36.4 Å². The van der Waals surface area contributed by atoms with Crippen molar-refractivity contribution in [2.75, 3.05) is 4.90 Å². The molecule has 0 bridgehead atoms. The molecule has 6 nitrogen and oxygen atoms in total. The molecular weight excluding hydrogens is 432 g/mol. The van der Waals surface area contributed by atoms with Gasteiger partial charge in [-0.05, 0) is 56.1 Å². The number of carbonyl (C=O) groups is 3. The van der Waals surface area contributed by atoms with Crippen LogP contribution in [0, 0.1) is 0 Å². The zero-order valence-corrected chi connectivity index (χ0v) is 14.5. The molecule has 116 valence electrons. The third kappa shape index (κ3) is 2.99. The fourth-order valence-corrected chi connectivity index (χ4v) is 2.65. The Balaban J connectivity index is 2.02. The minimum Gasteiger partial charge on any atom is -0.449 e. The van der Waals surface area contributed by atoms with Gasteiger partial charge in [0.1, 0.15) is 11.3 Å². The smallest absolute Gasteiger partial charge is 0.335 e. The molecule has 0 spiro atoms. The van der Waals surface area contributed by atoms with E-state index in [4.69, 9.17) is 4.42 Å². The lowest BCUT2D eigenvalue weighted by molar-refractivity contribution is -0.122. The number of imide groups is 2. The predicted molar refractivity (Wildman–Crippen MR) is 89.6 cm³/mol. The maximum absolute atomic E-state index is 12.6. The normalized spacial score (nSPS) is 16.9. The van der Waals surface area contributed by atoms with Crippen molar-refractivity contribution in [1.82, 2.24) is 5.32 Å². The Morgan fingerprint density at radius 2 is 1.78 bits per heavy atom. The largest absolute Gasteiger partial charge is 0.449 e. The van der Waals surface area contributed by atoms with Crippen LogP contribution in [0.3, 0.4) is 0 Å². The van der Waals surface area contributed by atoms with E-state index < -0.39 is 17.8 Å². The molecular formula is C15H8Br2N2O4. The minimum atomic E-state index is -0.787. The maximum Gasteiger partial charge on any atom is 0.335 e. The van der Waals surface area contributed by atoms with E-state index in [0.29, 0.717) is 20.6 Å². The molecule has 23 heavy (non-hydrogen) atoms. The van der Waals surface area contributed by atoms with Crippen LogP contribution >= 0.6 is 31.9 Å². The predicted octanol–water partition coefficient (Wildman–Crippen LogP) is 3.47. The zero-order valence-electron chi connectivity index (χ0n) is 11.4. The van der Waals surface area contributed by atoms with Crippen LogP contribution in [0.1, 0.15) is 5.76 Å². The van der Waals surface area contributed by atoms with Gasteiger partial charge in [-0.1, -0.05) is 18.2 Å². The number of anilines is 1. The highest BCUT2D eigenvalue weighted by Crippen LogP contribution is 2.29. The fraction of sp³-hybridized carbons (Fsp3) is 0. The standard InChI is InChI=1S/C15H8Br2N2O4/c16-11-7-9(23-12(11)17)6-10-13(20)18-15(22)19(14(10)21)8-4-2-1-3-5-8/h1-7H,(H,18,20,22)/b10-6+. The average Bonchev–Trinajstić information content (AvgIpc) is 2.83. The van der Waals surface area contributed by atoms with Gasteiger partial charge in [0.2, 0.25) is 0 Å². The van der Waals surface area contributed by atoms with Crippen molar-refractivity contribution >= 4 is 61.5 Å². The van der Waals surface area contributed by atoms with E-state index in [-0.39, 0.29) is 5.57 Å². The molecule has 1 aliphatic rings. The third-order valence-corrected chi connectivity index (χ3v) is 4.78. The molecule has 1 N–H and O–H groups in total. The third-order valence-electron chi connectivity index (χ3n) is 3.07. The van der Waals surface area contributed by atoms with Crippen molar-refractivity contribution in [2.45, 2.75) is 0 Å². The molecule has 4 amide bonds. The second-order valence-corrected chi connectivity index (χ2v) is 6.14. The first-order valence-corrected chi connectivity index (χ1v) is 7.97. The molecule has 1 fully saturated rings. The second kappa shape index (κ2) is 6.13. The Bertz CT molecular complexity index is 823. The summed E-state index contributed by atoms with van der Waals surface area (Å²) in [6, 6.07) is 9.16. The lowest BCUT2D eigenvalue weighted by Gasteiger charge is -2.26. The maximum atomic E-state index is 12.6. The van der Waals surface area contributed by atoms with Gasteiger partial charge < -0.3 is 4.42 Å². The molecule has 0 saturated carbocycles. The highest BCUT2D eigenvalue weighted by Gasteiger charge is 2.36. The Labute approximate surface area is 147 Å². The lowest BCUT2D eigenvalue weighted by atomic mass is 10.1. The number of furan rings is 1. The summed E-state index contributed by atoms with van der Waals surface area (Å²) in [6.45, 7) is 0. The Morgan fingerprint density at radius 1 is 1.09 bits per heavy atom. The number of amides is 4. The Hall–Kier alpha value is -2.19. The lowest BCUT2D eigenvalue weighted by Crippen LogP contribution is -2.54. The first-order valence-electron chi connectivity index (χ1n) is 6.38. The van der Waals surface area contributed by atoms with Gasteiger partial charge in [0.05, 0.1) is 10.2 Å². The van der Waals surface area contributed by atoms with Crippen LogP contribution in [0.4, 0.5) is 10.5 Å². The monoisotopic (exact) mass is 438 g/mol. The van der Waals surface area contributed by atoms with Crippen LogP contribution in [0.2, 0.25) is 0 Å². The van der Waals surface area contributed by atoms with Gasteiger partial charge in [-0.2, -0.15) is 0 Å². The van der Waals surface area contributed by atoms with Gasteiger partial charge in [0.15, 0.2) is 4.67 Å². The average molecular weight is 440 g/mol. The summed E-state index contributed by atoms with van der Waals surface area (Å²) < 4.78 is 6.42. The molecule has 0 aliphatic carbocycles. The van der Waals surface area contributed by atoms with Crippen LogP contribution in [0.25, 0.3) is 6.08 Å². The van der Waals surface area contributed by atoms with Gasteiger partial charge in [-0.3, -0.25) is 14.9 Å². The molecule has 2 aromatic rings. The molecule has 1 aromatic carbocycles. The number of urea groups is 1. The topological polar surface area (TPSA) is 79.6 Å². The van der Waals surface area contributed by atoms with Crippen molar-refractivity contribution < 1.29 is 18.8 Å². The molecule has 3 rings (SSSR count). The van der Waals surface area contributed by atoms with Gasteiger partial charge in [0, 0.05) is 0 Å². The SMILES string of the molecule is O=C1NC(=O)N(c2ccccc2)C(=O)/C1=C/c1cc(Br)c(Br)o1.